The van der Waals surface area contributed by atoms with Gasteiger partial charge in [-0.2, -0.15) is 0 Å². The van der Waals surface area contributed by atoms with E-state index >= 15 is 0 Å². The molecule has 4 heteroatoms. The predicted molar refractivity (Wildman–Crippen MR) is 48.2 cm³/mol. The lowest BCUT2D eigenvalue weighted by atomic mass is 9.93. The molecule has 0 aliphatic heterocycles. The smallest absolute Gasteiger partial charge is 0.328 e. The van der Waals surface area contributed by atoms with Gasteiger partial charge in [-0.25, -0.2) is 9.18 Å². The van der Waals surface area contributed by atoms with Crippen molar-refractivity contribution in [3.05, 3.63) is 35.1 Å². The van der Waals surface area contributed by atoms with Gasteiger partial charge in [0, 0.05) is 0 Å². The van der Waals surface area contributed by atoms with Crippen LogP contribution in [0.5, 0.6) is 0 Å². The predicted octanol–water partition coefficient (Wildman–Crippen LogP) is 1.01. The Labute approximate surface area is 80.3 Å². The maximum Gasteiger partial charge on any atom is 0.328 e. The van der Waals surface area contributed by atoms with Crippen LogP contribution in [0.1, 0.15) is 17.5 Å². The summed E-state index contributed by atoms with van der Waals surface area (Å²) < 4.78 is 13.2. The topological polar surface area (TPSA) is 63.3 Å². The SMILES string of the molecule is N[C@@]1(C(=O)O)CCc2c(F)cccc21. The summed E-state index contributed by atoms with van der Waals surface area (Å²) in [7, 11) is 0. The van der Waals surface area contributed by atoms with Gasteiger partial charge < -0.3 is 10.8 Å². The van der Waals surface area contributed by atoms with Crippen molar-refractivity contribution in [2.45, 2.75) is 18.4 Å². The lowest BCUT2D eigenvalue weighted by molar-refractivity contribution is -0.143. The molecule has 0 fully saturated rings. The van der Waals surface area contributed by atoms with Crippen LogP contribution in [0.15, 0.2) is 18.2 Å². The minimum Gasteiger partial charge on any atom is -0.480 e. The fraction of sp³-hybridized carbons (Fsp3) is 0.300. The second kappa shape index (κ2) is 2.78. The minimum absolute atomic E-state index is 0.262. The number of fused-ring (bicyclic) bond motifs is 1. The summed E-state index contributed by atoms with van der Waals surface area (Å²) in [5.74, 6) is -1.46. The Hall–Kier alpha value is -1.42. The monoisotopic (exact) mass is 195 g/mol. The minimum atomic E-state index is -1.41. The van der Waals surface area contributed by atoms with Gasteiger partial charge in [0.2, 0.25) is 0 Å². The van der Waals surface area contributed by atoms with E-state index < -0.39 is 11.5 Å². The van der Waals surface area contributed by atoms with E-state index in [1.165, 1.54) is 12.1 Å². The van der Waals surface area contributed by atoms with Crippen LogP contribution >= 0.6 is 0 Å². The highest BCUT2D eigenvalue weighted by Gasteiger charge is 2.42. The highest BCUT2D eigenvalue weighted by molar-refractivity contribution is 5.82. The fourth-order valence-corrected chi connectivity index (χ4v) is 1.91. The van der Waals surface area contributed by atoms with Crippen LogP contribution in [0.2, 0.25) is 0 Å². The van der Waals surface area contributed by atoms with Crippen molar-refractivity contribution in [2.24, 2.45) is 5.73 Å². The Kier molecular flexibility index (Phi) is 1.82. The third-order valence-electron chi connectivity index (χ3n) is 2.75. The molecule has 0 unspecified atom stereocenters. The van der Waals surface area contributed by atoms with E-state index in [4.69, 9.17) is 10.8 Å². The summed E-state index contributed by atoms with van der Waals surface area (Å²) in [5, 5.41) is 8.96. The number of hydrogen-bond donors (Lipinski definition) is 2. The van der Waals surface area contributed by atoms with Gasteiger partial charge in [0.1, 0.15) is 11.4 Å². The zero-order valence-electron chi connectivity index (χ0n) is 7.46. The summed E-state index contributed by atoms with van der Waals surface area (Å²) in [4.78, 5) is 10.9. The molecule has 74 valence electrons. The van der Waals surface area contributed by atoms with Gasteiger partial charge in [-0.05, 0) is 30.0 Å². The van der Waals surface area contributed by atoms with E-state index in [2.05, 4.69) is 0 Å². The number of halogens is 1. The standard InChI is InChI=1S/C10H10FNO2/c11-8-3-1-2-7-6(8)4-5-10(7,12)9(13)14/h1-3H,4-5,12H2,(H,13,14)/t10-/m0/s1. The van der Waals surface area contributed by atoms with Crippen LogP contribution in [0.4, 0.5) is 4.39 Å². The van der Waals surface area contributed by atoms with Crippen molar-refractivity contribution in [3.8, 4) is 0 Å². The first-order chi connectivity index (χ1) is 6.55. The number of nitrogens with two attached hydrogens (primary N) is 1. The zero-order valence-corrected chi connectivity index (χ0v) is 7.46. The van der Waals surface area contributed by atoms with Gasteiger partial charge >= 0.3 is 5.97 Å². The Morgan fingerprint density at radius 1 is 1.57 bits per heavy atom. The van der Waals surface area contributed by atoms with Gasteiger partial charge in [0.05, 0.1) is 0 Å². The third kappa shape index (κ3) is 1.04. The average Bonchev–Trinajstić information content (AvgIpc) is 2.47. The number of carboxylic acids is 1. The first kappa shape index (κ1) is 9.15. The normalized spacial score (nSPS) is 24.7. The number of benzene rings is 1. The van der Waals surface area contributed by atoms with E-state index in [1.54, 1.807) is 6.07 Å². The van der Waals surface area contributed by atoms with Crippen molar-refractivity contribution < 1.29 is 14.3 Å². The fourth-order valence-electron chi connectivity index (χ4n) is 1.91. The third-order valence-corrected chi connectivity index (χ3v) is 2.75. The van der Waals surface area contributed by atoms with Gasteiger partial charge in [-0.3, -0.25) is 0 Å². The summed E-state index contributed by atoms with van der Waals surface area (Å²) in [5.41, 5.74) is 5.16. The molecular weight excluding hydrogens is 185 g/mol. The first-order valence-electron chi connectivity index (χ1n) is 4.36. The molecule has 0 saturated heterocycles. The van der Waals surface area contributed by atoms with Crippen LogP contribution in [-0.2, 0) is 16.8 Å². The number of carbonyl (C=O) groups is 1. The highest BCUT2D eigenvalue weighted by atomic mass is 19.1. The van der Waals surface area contributed by atoms with E-state index in [1.807, 2.05) is 0 Å². The molecule has 0 bridgehead atoms. The van der Waals surface area contributed by atoms with Crippen LogP contribution in [0.3, 0.4) is 0 Å². The number of rotatable bonds is 1. The van der Waals surface area contributed by atoms with Crippen molar-refractivity contribution in [2.75, 3.05) is 0 Å². The molecule has 1 atom stereocenters. The Morgan fingerprint density at radius 3 is 2.93 bits per heavy atom. The largest absolute Gasteiger partial charge is 0.480 e. The van der Waals surface area contributed by atoms with Gasteiger partial charge in [-0.1, -0.05) is 12.1 Å². The first-order valence-corrected chi connectivity index (χ1v) is 4.36. The summed E-state index contributed by atoms with van der Waals surface area (Å²) in [6, 6.07) is 4.40. The maximum absolute atomic E-state index is 13.2. The molecule has 1 aliphatic carbocycles. The van der Waals surface area contributed by atoms with E-state index in [0.29, 0.717) is 17.5 Å². The van der Waals surface area contributed by atoms with Crippen LogP contribution < -0.4 is 5.73 Å². The maximum atomic E-state index is 13.2. The average molecular weight is 195 g/mol. The number of carboxylic acid groups (broad SMARTS) is 1. The van der Waals surface area contributed by atoms with E-state index in [9.17, 15) is 9.18 Å². The van der Waals surface area contributed by atoms with Gasteiger partial charge in [0.25, 0.3) is 0 Å². The van der Waals surface area contributed by atoms with Crippen LogP contribution in [-0.4, -0.2) is 11.1 Å². The molecule has 0 saturated carbocycles. The summed E-state index contributed by atoms with van der Waals surface area (Å²) in [6.07, 6.45) is 0.656. The van der Waals surface area contributed by atoms with Crippen molar-refractivity contribution in [1.29, 1.82) is 0 Å². The molecule has 0 aromatic heterocycles. The van der Waals surface area contributed by atoms with Gasteiger partial charge in [-0.15, -0.1) is 0 Å². The Bertz CT molecular complexity index is 405. The molecule has 0 radical (unpaired) electrons. The molecule has 0 heterocycles. The summed E-state index contributed by atoms with van der Waals surface area (Å²) >= 11 is 0. The van der Waals surface area contributed by atoms with E-state index in [0.717, 1.165) is 0 Å². The summed E-state index contributed by atoms with van der Waals surface area (Å²) in [6.45, 7) is 0. The van der Waals surface area contributed by atoms with E-state index in [-0.39, 0.29) is 12.2 Å². The molecule has 3 N–H and O–H groups in total. The van der Waals surface area contributed by atoms with Crippen LogP contribution in [0.25, 0.3) is 0 Å². The molecule has 0 amide bonds. The Balaban J connectivity index is 2.60. The van der Waals surface area contributed by atoms with Crippen molar-refractivity contribution in [3.63, 3.8) is 0 Å². The molecule has 1 aromatic carbocycles. The Morgan fingerprint density at radius 2 is 2.29 bits per heavy atom. The molecule has 3 nitrogen and oxygen atoms in total. The second-order valence-electron chi connectivity index (χ2n) is 3.54. The number of hydrogen-bond acceptors (Lipinski definition) is 2. The second-order valence-corrected chi connectivity index (χ2v) is 3.54. The van der Waals surface area contributed by atoms with Crippen LogP contribution in [0, 0.1) is 5.82 Å². The molecule has 1 aliphatic rings. The lowest BCUT2D eigenvalue weighted by Gasteiger charge is -2.19. The highest BCUT2D eigenvalue weighted by Crippen LogP contribution is 2.36. The lowest BCUT2D eigenvalue weighted by Crippen LogP contribution is -2.42. The molecule has 1 aromatic rings. The molecule has 14 heavy (non-hydrogen) atoms. The van der Waals surface area contributed by atoms with Gasteiger partial charge in [0.15, 0.2) is 0 Å². The molecular formula is C10H10FNO2. The molecule has 2 rings (SSSR count). The van der Waals surface area contributed by atoms with Crippen molar-refractivity contribution in [1.82, 2.24) is 0 Å². The molecule has 0 spiro atoms. The number of aliphatic carboxylic acids is 1. The quantitative estimate of drug-likeness (QED) is 0.703. The van der Waals surface area contributed by atoms with Crippen molar-refractivity contribution >= 4 is 5.97 Å². The zero-order chi connectivity index (χ0) is 10.3.